The maximum Gasteiger partial charge on any atom is 0.164 e. The molecule has 14 rings (SSSR count). The van der Waals surface area contributed by atoms with Gasteiger partial charge in [-0.05, 0) is 126 Å². The van der Waals surface area contributed by atoms with Crippen molar-refractivity contribution in [2.75, 3.05) is 0 Å². The zero-order valence-electron chi connectivity index (χ0n) is 40.2. The highest BCUT2D eigenvalue weighted by Crippen LogP contribution is 2.57. The third kappa shape index (κ3) is 7.18. The number of aromatic nitrogens is 3. The van der Waals surface area contributed by atoms with Gasteiger partial charge in [-0.25, -0.2) is 15.0 Å². The summed E-state index contributed by atoms with van der Waals surface area (Å²) in [4.78, 5) is 15.6. The van der Waals surface area contributed by atoms with E-state index in [4.69, 9.17) is 19.4 Å². The van der Waals surface area contributed by atoms with Crippen LogP contribution >= 0.6 is 0 Å². The van der Waals surface area contributed by atoms with Crippen LogP contribution in [0.25, 0.3) is 112 Å². The zero-order valence-corrected chi connectivity index (χ0v) is 40.2. The number of fused-ring (bicyclic) bond motifs is 6. The van der Waals surface area contributed by atoms with Gasteiger partial charge in [0.1, 0.15) is 11.2 Å². The van der Waals surface area contributed by atoms with Crippen molar-refractivity contribution < 1.29 is 4.42 Å². The van der Waals surface area contributed by atoms with E-state index in [1.54, 1.807) is 0 Å². The lowest BCUT2D eigenvalue weighted by Crippen LogP contribution is -2.28. The predicted octanol–water partition coefficient (Wildman–Crippen LogP) is 17.8. The number of nitrogens with zero attached hydrogens (tertiary/aromatic N) is 3. The topological polar surface area (TPSA) is 51.8 Å². The van der Waals surface area contributed by atoms with E-state index in [1.165, 1.54) is 33.4 Å². The third-order valence-corrected chi connectivity index (χ3v) is 14.8. The van der Waals surface area contributed by atoms with E-state index in [-0.39, 0.29) is 0 Å². The van der Waals surface area contributed by atoms with Crippen molar-refractivity contribution in [1.29, 1.82) is 0 Å². The van der Waals surface area contributed by atoms with Crippen molar-refractivity contribution in [2.45, 2.75) is 5.41 Å². The Kier molecular flexibility index (Phi) is 10.4. The first kappa shape index (κ1) is 43.1. The number of para-hydroxylation sites is 1. The molecule has 0 saturated carbocycles. The number of benzene rings is 11. The third-order valence-electron chi connectivity index (χ3n) is 14.8. The molecule has 4 nitrogen and oxygen atoms in total. The maximum atomic E-state index is 6.22. The molecular formula is C70H45N3O. The smallest absolute Gasteiger partial charge is 0.164 e. The van der Waals surface area contributed by atoms with E-state index >= 15 is 0 Å². The fraction of sp³-hybridized carbons (Fsp3) is 0.0143. The van der Waals surface area contributed by atoms with Crippen molar-refractivity contribution in [1.82, 2.24) is 15.0 Å². The largest absolute Gasteiger partial charge is 0.456 e. The predicted molar refractivity (Wildman–Crippen MR) is 302 cm³/mol. The molecule has 4 heteroatoms. The summed E-state index contributed by atoms with van der Waals surface area (Å²) in [7, 11) is 0. The molecule has 0 atom stereocenters. The Hall–Kier alpha value is -9.77. The highest BCUT2D eigenvalue weighted by atomic mass is 16.3. The lowest BCUT2D eigenvalue weighted by atomic mass is 9.67. The van der Waals surface area contributed by atoms with Crippen molar-refractivity contribution >= 4 is 21.9 Å². The molecule has 346 valence electrons. The first-order valence-corrected chi connectivity index (χ1v) is 25.2. The summed E-state index contributed by atoms with van der Waals surface area (Å²) in [5.41, 5.74) is 20.4. The van der Waals surface area contributed by atoms with Crippen LogP contribution in [0.4, 0.5) is 0 Å². The monoisotopic (exact) mass is 943 g/mol. The molecule has 0 radical (unpaired) electrons. The number of hydrogen-bond acceptors (Lipinski definition) is 4. The average molecular weight is 944 g/mol. The van der Waals surface area contributed by atoms with Gasteiger partial charge in [0, 0.05) is 27.5 Å². The normalized spacial score (nSPS) is 12.4. The molecule has 2 heterocycles. The van der Waals surface area contributed by atoms with E-state index in [2.05, 4.69) is 224 Å². The first-order valence-electron chi connectivity index (χ1n) is 25.2. The SMILES string of the molecule is c1ccc(-c2cc(-c3cccc(-c4nc(-c5ccccc5)nc(-c5ccc6oc7ccccc7c6c5)n4)c3)c(-c3ccccc3)c(-c3ccc4c(c3)-c3ccccc3C4(c3ccccc3)c3ccccc3)c2)cc1. The highest BCUT2D eigenvalue weighted by molar-refractivity contribution is 6.06. The number of hydrogen-bond donors (Lipinski definition) is 0. The van der Waals surface area contributed by atoms with Crippen LogP contribution in [0, 0.1) is 0 Å². The summed E-state index contributed by atoms with van der Waals surface area (Å²) in [5.74, 6) is 1.78. The van der Waals surface area contributed by atoms with Gasteiger partial charge in [0.05, 0.1) is 5.41 Å². The Balaban J connectivity index is 0.983. The van der Waals surface area contributed by atoms with Gasteiger partial charge in [0.15, 0.2) is 17.5 Å². The van der Waals surface area contributed by atoms with E-state index in [0.29, 0.717) is 17.5 Å². The quantitative estimate of drug-likeness (QED) is 0.145. The van der Waals surface area contributed by atoms with Gasteiger partial charge in [0.25, 0.3) is 0 Å². The van der Waals surface area contributed by atoms with Crippen LogP contribution in [0.15, 0.2) is 277 Å². The van der Waals surface area contributed by atoms with Gasteiger partial charge in [-0.3, -0.25) is 0 Å². The molecule has 0 fully saturated rings. The molecule has 0 saturated heterocycles. The van der Waals surface area contributed by atoms with Gasteiger partial charge in [-0.1, -0.05) is 224 Å². The Labute approximate surface area is 429 Å². The molecule has 0 spiro atoms. The Morgan fingerprint density at radius 1 is 0.257 bits per heavy atom. The van der Waals surface area contributed by atoms with Crippen molar-refractivity contribution in [2.24, 2.45) is 0 Å². The minimum absolute atomic E-state index is 0.498. The van der Waals surface area contributed by atoms with E-state index < -0.39 is 5.41 Å². The Morgan fingerprint density at radius 3 is 1.39 bits per heavy atom. The van der Waals surface area contributed by atoms with Crippen LogP contribution in [0.1, 0.15) is 22.3 Å². The fourth-order valence-corrected chi connectivity index (χ4v) is 11.5. The summed E-state index contributed by atoms with van der Waals surface area (Å²) in [6.07, 6.45) is 0. The first-order chi connectivity index (χ1) is 36.7. The Morgan fingerprint density at radius 2 is 0.716 bits per heavy atom. The summed E-state index contributed by atoms with van der Waals surface area (Å²) in [5, 5.41) is 2.07. The molecule has 74 heavy (non-hydrogen) atoms. The van der Waals surface area contributed by atoms with Crippen LogP contribution in [0.3, 0.4) is 0 Å². The van der Waals surface area contributed by atoms with Crippen LogP contribution < -0.4 is 0 Å². The molecule has 0 bridgehead atoms. The fourth-order valence-electron chi connectivity index (χ4n) is 11.5. The molecule has 0 amide bonds. The average Bonchev–Trinajstić information content (AvgIpc) is 4.07. The standard InChI is InChI=1S/C70H45N3O/c1-6-21-46(22-7-1)53-44-58(49-27-20-28-51(41-49)68-71-67(48-25-10-3-11-26-48)72-69(73-68)52-38-40-65-61(43-52)57-34-17-19-36-64(57)74-65)66(47-23-8-2-9-24-47)59(45-53)50-37-39-63-60(42-50)56-33-16-18-35-62(56)70(63,54-29-12-4-13-30-54)55-31-14-5-15-32-55/h1-45H. The summed E-state index contributed by atoms with van der Waals surface area (Å²) in [6, 6.07) is 97.7. The van der Waals surface area contributed by atoms with Gasteiger partial charge >= 0.3 is 0 Å². The summed E-state index contributed by atoms with van der Waals surface area (Å²) >= 11 is 0. The molecule has 13 aromatic rings. The summed E-state index contributed by atoms with van der Waals surface area (Å²) in [6.45, 7) is 0. The lowest BCUT2D eigenvalue weighted by molar-refractivity contribution is 0.669. The van der Waals surface area contributed by atoms with Crippen molar-refractivity contribution in [3.8, 4) is 89.8 Å². The molecule has 0 N–H and O–H groups in total. The second kappa shape index (κ2) is 17.8. The second-order valence-corrected chi connectivity index (χ2v) is 19.0. The molecular weight excluding hydrogens is 899 g/mol. The van der Waals surface area contributed by atoms with Crippen LogP contribution in [0.2, 0.25) is 0 Å². The van der Waals surface area contributed by atoms with E-state index in [9.17, 15) is 0 Å². The van der Waals surface area contributed by atoms with Gasteiger partial charge < -0.3 is 4.42 Å². The highest BCUT2D eigenvalue weighted by Gasteiger charge is 2.46. The second-order valence-electron chi connectivity index (χ2n) is 19.0. The molecule has 2 aromatic heterocycles. The van der Waals surface area contributed by atoms with Crippen molar-refractivity contribution in [3.63, 3.8) is 0 Å². The lowest BCUT2D eigenvalue weighted by Gasteiger charge is -2.34. The molecule has 1 aliphatic rings. The number of rotatable bonds is 9. The maximum absolute atomic E-state index is 6.22. The van der Waals surface area contributed by atoms with Gasteiger partial charge in [-0.2, -0.15) is 0 Å². The molecule has 11 aromatic carbocycles. The minimum Gasteiger partial charge on any atom is -0.456 e. The molecule has 0 unspecified atom stereocenters. The van der Waals surface area contributed by atoms with Crippen molar-refractivity contribution in [3.05, 3.63) is 295 Å². The van der Waals surface area contributed by atoms with Crippen LogP contribution in [-0.4, -0.2) is 15.0 Å². The molecule has 0 aliphatic heterocycles. The van der Waals surface area contributed by atoms with Gasteiger partial charge in [-0.15, -0.1) is 0 Å². The summed E-state index contributed by atoms with van der Waals surface area (Å²) < 4.78 is 6.22. The number of furan rings is 1. The molecule has 1 aliphatic carbocycles. The minimum atomic E-state index is -0.498. The van der Waals surface area contributed by atoms with E-state index in [0.717, 1.165) is 83.1 Å². The van der Waals surface area contributed by atoms with E-state index in [1.807, 2.05) is 48.5 Å². The Bertz CT molecular complexity index is 4190. The van der Waals surface area contributed by atoms with Crippen LogP contribution in [0.5, 0.6) is 0 Å². The van der Waals surface area contributed by atoms with Crippen LogP contribution in [-0.2, 0) is 5.41 Å². The zero-order chi connectivity index (χ0) is 49.0. The van der Waals surface area contributed by atoms with Gasteiger partial charge in [0.2, 0.25) is 0 Å².